The quantitative estimate of drug-likeness (QED) is 0.327. The summed E-state index contributed by atoms with van der Waals surface area (Å²) in [6.45, 7) is 1.91. The Morgan fingerprint density at radius 1 is 0.600 bits per heavy atom. The maximum atomic E-state index is 13.9. The molecule has 0 N–H and O–H groups in total. The van der Waals surface area contributed by atoms with Crippen LogP contribution in [0.5, 0.6) is 0 Å². The molecule has 0 aliphatic rings. The Balaban J connectivity index is 7.29. The molecular formula is C13H11F15O2. The molecule has 0 heterocycles. The lowest BCUT2D eigenvalue weighted by molar-refractivity contribution is -0.480. The van der Waals surface area contributed by atoms with Gasteiger partial charge in [-0.15, -0.1) is 0 Å². The predicted molar refractivity (Wildman–Crippen MR) is 65.9 cm³/mol. The van der Waals surface area contributed by atoms with Crippen LogP contribution in [-0.2, 0) is 9.53 Å². The van der Waals surface area contributed by atoms with Gasteiger partial charge in [-0.05, 0) is 20.3 Å². The van der Waals surface area contributed by atoms with Gasteiger partial charge >= 0.3 is 47.9 Å². The van der Waals surface area contributed by atoms with Gasteiger partial charge in [0.05, 0.1) is 5.41 Å². The first-order chi connectivity index (χ1) is 12.7. The van der Waals surface area contributed by atoms with E-state index in [0.29, 0.717) is 13.8 Å². The van der Waals surface area contributed by atoms with Crippen LogP contribution >= 0.6 is 0 Å². The van der Waals surface area contributed by atoms with Crippen molar-refractivity contribution in [3.8, 4) is 0 Å². The zero-order chi connectivity index (χ0) is 25.0. The van der Waals surface area contributed by atoms with Crippen molar-refractivity contribution in [1.29, 1.82) is 0 Å². The Labute approximate surface area is 157 Å². The molecule has 0 bridgehead atoms. The third-order valence-electron chi connectivity index (χ3n) is 4.07. The van der Waals surface area contributed by atoms with E-state index in [9.17, 15) is 70.7 Å². The highest BCUT2D eigenvalue weighted by Crippen LogP contribution is 2.64. The Hall–Kier alpha value is -1.58. The number of carbonyl (C=O) groups excluding carboxylic acids is 1. The van der Waals surface area contributed by atoms with Gasteiger partial charge in [-0.1, -0.05) is 6.92 Å². The summed E-state index contributed by atoms with van der Waals surface area (Å²) in [5.41, 5.74) is -10.3. The standard InChI is InChI=1S/C13H11F15O2/c1-4-6(2,3)5(29)30-7(11(20,21)22,12(23,24)25)8(14,15)9(16,17)10(18,19)13(26,27)28/h4H2,1-3H3. The van der Waals surface area contributed by atoms with Gasteiger partial charge < -0.3 is 4.74 Å². The predicted octanol–water partition coefficient (Wildman–Crippen LogP) is 6.30. The Bertz CT molecular complexity index is 624. The number of hydrogen-bond acceptors (Lipinski definition) is 2. The van der Waals surface area contributed by atoms with E-state index in [1.54, 1.807) is 0 Å². The van der Waals surface area contributed by atoms with Gasteiger partial charge in [0.25, 0.3) is 0 Å². The summed E-state index contributed by atoms with van der Waals surface area (Å²) >= 11 is 0. The van der Waals surface area contributed by atoms with E-state index in [4.69, 9.17) is 0 Å². The van der Waals surface area contributed by atoms with Crippen LogP contribution in [-0.4, -0.2) is 47.9 Å². The van der Waals surface area contributed by atoms with Crippen LogP contribution in [0.3, 0.4) is 0 Å². The van der Waals surface area contributed by atoms with Crippen molar-refractivity contribution in [3.63, 3.8) is 0 Å². The molecule has 17 heteroatoms. The third-order valence-corrected chi connectivity index (χ3v) is 4.07. The highest BCUT2D eigenvalue weighted by atomic mass is 19.4. The van der Waals surface area contributed by atoms with Crippen molar-refractivity contribution >= 4 is 5.97 Å². The monoisotopic (exact) mass is 484 g/mol. The van der Waals surface area contributed by atoms with Crippen molar-refractivity contribution in [2.75, 3.05) is 0 Å². The number of halogens is 15. The van der Waals surface area contributed by atoms with Crippen LogP contribution in [0.1, 0.15) is 27.2 Å². The molecule has 0 amide bonds. The smallest absolute Gasteiger partial charge is 0.434 e. The molecule has 180 valence electrons. The van der Waals surface area contributed by atoms with Crippen molar-refractivity contribution < 1.29 is 75.4 Å². The molecule has 0 unspecified atom stereocenters. The lowest BCUT2D eigenvalue weighted by Crippen LogP contribution is -2.78. The summed E-state index contributed by atoms with van der Waals surface area (Å²) in [5, 5.41) is 0. The highest BCUT2D eigenvalue weighted by molar-refractivity contribution is 5.76. The average molecular weight is 484 g/mol. The van der Waals surface area contributed by atoms with Gasteiger partial charge in [0.2, 0.25) is 0 Å². The Morgan fingerprint density at radius 2 is 0.933 bits per heavy atom. The molecule has 0 fully saturated rings. The number of rotatable bonds is 6. The second-order valence-corrected chi connectivity index (χ2v) is 6.52. The van der Waals surface area contributed by atoms with Gasteiger partial charge in [0.1, 0.15) is 0 Å². The topological polar surface area (TPSA) is 26.3 Å². The second kappa shape index (κ2) is 7.24. The summed E-state index contributed by atoms with van der Waals surface area (Å²) in [7, 11) is 0. The molecule has 0 aliphatic carbocycles. The normalized spacial score (nSPS) is 15.9. The number of alkyl halides is 15. The average Bonchev–Trinajstić information content (AvgIpc) is 2.47. The van der Waals surface area contributed by atoms with Gasteiger partial charge in [0, 0.05) is 0 Å². The molecule has 0 aliphatic heterocycles. The molecule has 0 aromatic heterocycles. The van der Waals surface area contributed by atoms with Crippen LogP contribution in [0.2, 0.25) is 0 Å². The summed E-state index contributed by atoms with van der Waals surface area (Å²) in [6.07, 6.45) is -24.1. The molecule has 0 saturated carbocycles. The van der Waals surface area contributed by atoms with Gasteiger partial charge in [-0.3, -0.25) is 4.79 Å². The van der Waals surface area contributed by atoms with E-state index in [0.717, 1.165) is 6.92 Å². The highest BCUT2D eigenvalue weighted by Gasteiger charge is 2.97. The summed E-state index contributed by atoms with van der Waals surface area (Å²) in [6, 6.07) is 0. The molecule has 0 aromatic rings. The van der Waals surface area contributed by atoms with E-state index in [1.165, 1.54) is 0 Å². The first-order valence-electron chi connectivity index (χ1n) is 7.26. The SMILES string of the molecule is CCC(C)(C)C(=O)OC(C(F)(F)F)(C(F)(F)F)C(F)(F)C(F)(F)C(F)(F)C(F)(F)F. The van der Waals surface area contributed by atoms with Crippen LogP contribution in [0.25, 0.3) is 0 Å². The van der Waals surface area contributed by atoms with Crippen LogP contribution in [0.15, 0.2) is 0 Å². The van der Waals surface area contributed by atoms with E-state index in [-0.39, 0.29) is 0 Å². The molecule has 2 nitrogen and oxygen atoms in total. The maximum Gasteiger partial charge on any atom is 0.460 e. The fraction of sp³-hybridized carbons (Fsp3) is 0.923. The number of hydrogen-bond donors (Lipinski definition) is 0. The molecule has 0 radical (unpaired) electrons. The fourth-order valence-corrected chi connectivity index (χ4v) is 1.71. The van der Waals surface area contributed by atoms with Crippen molar-refractivity contribution in [1.82, 2.24) is 0 Å². The fourth-order valence-electron chi connectivity index (χ4n) is 1.71. The molecule has 0 aromatic carbocycles. The molecule has 30 heavy (non-hydrogen) atoms. The first kappa shape index (κ1) is 28.4. The third kappa shape index (κ3) is 3.87. The van der Waals surface area contributed by atoms with Crippen molar-refractivity contribution in [2.45, 2.75) is 69.1 Å². The second-order valence-electron chi connectivity index (χ2n) is 6.52. The van der Waals surface area contributed by atoms with Gasteiger partial charge in [-0.25, -0.2) is 0 Å². The minimum Gasteiger partial charge on any atom is -0.434 e. The van der Waals surface area contributed by atoms with Crippen LogP contribution in [0, 0.1) is 5.41 Å². The summed E-state index contributed by atoms with van der Waals surface area (Å²) < 4.78 is 198. The number of esters is 1. The van der Waals surface area contributed by atoms with E-state index in [2.05, 4.69) is 4.74 Å². The molecule has 0 atom stereocenters. The molecule has 0 saturated heterocycles. The van der Waals surface area contributed by atoms with Crippen LogP contribution < -0.4 is 0 Å². The summed E-state index contributed by atoms with van der Waals surface area (Å²) in [4.78, 5) is 11.6. The van der Waals surface area contributed by atoms with Gasteiger partial charge in [0.15, 0.2) is 0 Å². The van der Waals surface area contributed by atoms with Gasteiger partial charge in [-0.2, -0.15) is 65.9 Å². The van der Waals surface area contributed by atoms with Crippen molar-refractivity contribution in [3.05, 3.63) is 0 Å². The van der Waals surface area contributed by atoms with E-state index in [1.807, 2.05) is 0 Å². The largest absolute Gasteiger partial charge is 0.460 e. The minimum absolute atomic E-state index is 0.507. The Morgan fingerprint density at radius 3 is 1.17 bits per heavy atom. The van der Waals surface area contributed by atoms with E-state index >= 15 is 0 Å². The van der Waals surface area contributed by atoms with E-state index < -0.39 is 59.7 Å². The zero-order valence-corrected chi connectivity index (χ0v) is 14.7. The van der Waals surface area contributed by atoms with Crippen molar-refractivity contribution in [2.24, 2.45) is 5.41 Å². The number of ether oxygens (including phenoxy) is 1. The number of carbonyl (C=O) groups is 1. The summed E-state index contributed by atoms with van der Waals surface area (Å²) in [5.74, 6) is -27.7. The lowest BCUT2D eigenvalue weighted by atomic mass is 9.84. The molecule has 0 spiro atoms. The Kier molecular flexibility index (Phi) is 6.86. The lowest BCUT2D eigenvalue weighted by Gasteiger charge is -2.46. The minimum atomic E-state index is -8.38. The zero-order valence-electron chi connectivity index (χ0n) is 14.7. The molecular weight excluding hydrogens is 473 g/mol. The van der Waals surface area contributed by atoms with Crippen LogP contribution in [0.4, 0.5) is 65.9 Å². The molecule has 0 rings (SSSR count). The first-order valence-corrected chi connectivity index (χ1v) is 7.26. The maximum absolute atomic E-state index is 13.9.